The molecule has 0 bridgehead atoms. The smallest absolute Gasteiger partial charge is 0.337 e. The van der Waals surface area contributed by atoms with Gasteiger partial charge in [0, 0.05) is 0 Å². The third-order valence-electron chi connectivity index (χ3n) is 3.52. The molecule has 0 aromatic carbocycles. The van der Waals surface area contributed by atoms with Gasteiger partial charge in [-0.15, -0.1) is 18.9 Å². The Morgan fingerprint density at radius 3 is 1.90 bits per heavy atom. The third-order valence-corrected chi connectivity index (χ3v) is 7.89. The summed E-state index contributed by atoms with van der Waals surface area (Å²) in [5.41, 5.74) is 0.362. The van der Waals surface area contributed by atoms with Gasteiger partial charge in [-0.2, -0.15) is 0 Å². The van der Waals surface area contributed by atoms with Gasteiger partial charge in [0.05, 0.1) is 13.7 Å². The maximum atomic E-state index is 11.9. The molecule has 2 N–H and O–H groups in total. The van der Waals surface area contributed by atoms with Crippen molar-refractivity contribution < 1.29 is 19.4 Å². The summed E-state index contributed by atoms with van der Waals surface area (Å²) in [5.74, 6) is -1.13. The standard InChI is InChI=1S/C14H28O4Si2/c1-9-19(5,6)11-14(12(15)16,13(3,4)17)18-20(7,8)10-2/h9-10,17H,1-2,11H2,3-8H3,(H,15,16). The van der Waals surface area contributed by atoms with Gasteiger partial charge in [-0.05, 0) is 33.0 Å². The molecule has 0 aliphatic heterocycles. The lowest BCUT2D eigenvalue weighted by Gasteiger charge is -2.46. The highest BCUT2D eigenvalue weighted by molar-refractivity contribution is 6.82. The van der Waals surface area contributed by atoms with Crippen molar-refractivity contribution in [3.63, 3.8) is 0 Å². The first kappa shape index (κ1) is 19.3. The number of carboxylic acid groups (broad SMARTS) is 1. The third kappa shape index (κ3) is 4.41. The maximum absolute atomic E-state index is 11.9. The van der Waals surface area contributed by atoms with E-state index >= 15 is 0 Å². The minimum atomic E-state index is -2.39. The zero-order valence-electron chi connectivity index (χ0n) is 13.5. The molecule has 0 aliphatic carbocycles. The molecule has 0 radical (unpaired) electrons. The zero-order chi connectivity index (χ0) is 16.4. The molecular weight excluding hydrogens is 288 g/mol. The Balaban J connectivity index is 5.93. The predicted octanol–water partition coefficient (Wildman–Crippen LogP) is 2.96. The number of hydrogen-bond acceptors (Lipinski definition) is 3. The molecule has 0 spiro atoms. The molecule has 20 heavy (non-hydrogen) atoms. The van der Waals surface area contributed by atoms with E-state index in [-0.39, 0.29) is 6.04 Å². The summed E-state index contributed by atoms with van der Waals surface area (Å²) in [4.78, 5) is 11.9. The predicted molar refractivity (Wildman–Crippen MR) is 87.9 cm³/mol. The van der Waals surface area contributed by atoms with E-state index in [2.05, 4.69) is 13.2 Å². The van der Waals surface area contributed by atoms with E-state index in [1.807, 2.05) is 31.9 Å². The SMILES string of the molecule is C=C[Si](C)(C)CC(O[Si](C)(C)C=C)(C(=O)O)C(C)(C)O. The molecule has 0 amide bonds. The van der Waals surface area contributed by atoms with Crippen LogP contribution >= 0.6 is 0 Å². The van der Waals surface area contributed by atoms with Crippen LogP contribution in [0.4, 0.5) is 0 Å². The molecule has 0 aromatic rings. The van der Waals surface area contributed by atoms with Crippen LogP contribution in [0.2, 0.25) is 32.2 Å². The molecule has 0 fully saturated rings. The van der Waals surface area contributed by atoms with Gasteiger partial charge in [0.15, 0.2) is 5.60 Å². The van der Waals surface area contributed by atoms with Crippen LogP contribution in [0.25, 0.3) is 0 Å². The Morgan fingerprint density at radius 1 is 1.20 bits per heavy atom. The molecule has 0 heterocycles. The highest BCUT2D eigenvalue weighted by Crippen LogP contribution is 2.38. The molecule has 0 rings (SSSR count). The van der Waals surface area contributed by atoms with Crippen LogP contribution in [0, 0.1) is 0 Å². The number of carboxylic acids is 1. The summed E-state index contributed by atoms with van der Waals surface area (Å²) in [6, 6.07) is 0.270. The molecule has 6 heteroatoms. The van der Waals surface area contributed by atoms with Crippen LogP contribution < -0.4 is 0 Å². The van der Waals surface area contributed by atoms with Crippen molar-refractivity contribution in [3.05, 3.63) is 24.6 Å². The normalized spacial score (nSPS) is 16.4. The van der Waals surface area contributed by atoms with Crippen LogP contribution in [0.15, 0.2) is 24.6 Å². The van der Waals surface area contributed by atoms with E-state index in [4.69, 9.17) is 4.43 Å². The Labute approximate surface area is 124 Å². The van der Waals surface area contributed by atoms with Crippen LogP contribution in [0.5, 0.6) is 0 Å². The van der Waals surface area contributed by atoms with E-state index in [9.17, 15) is 15.0 Å². The molecule has 4 nitrogen and oxygen atoms in total. The van der Waals surface area contributed by atoms with Crippen molar-refractivity contribution in [1.82, 2.24) is 0 Å². The average molecular weight is 317 g/mol. The highest BCUT2D eigenvalue weighted by atomic mass is 28.4. The highest BCUT2D eigenvalue weighted by Gasteiger charge is 2.56. The second-order valence-corrected chi connectivity index (χ2v) is 15.5. The second-order valence-electron chi connectivity index (χ2n) is 6.97. The fourth-order valence-corrected chi connectivity index (χ4v) is 5.58. The van der Waals surface area contributed by atoms with Gasteiger partial charge in [0.2, 0.25) is 8.32 Å². The molecule has 0 aliphatic rings. The van der Waals surface area contributed by atoms with E-state index in [0.717, 1.165) is 0 Å². The Bertz CT molecular complexity index is 372. The van der Waals surface area contributed by atoms with Crippen LogP contribution in [-0.2, 0) is 9.22 Å². The van der Waals surface area contributed by atoms with Crippen LogP contribution in [0.1, 0.15) is 13.8 Å². The first-order valence-corrected chi connectivity index (χ1v) is 12.9. The molecular formula is C14H28O4Si2. The Hall–Kier alpha value is -0.696. The van der Waals surface area contributed by atoms with Crippen molar-refractivity contribution >= 4 is 22.4 Å². The lowest BCUT2D eigenvalue weighted by molar-refractivity contribution is -0.177. The molecule has 0 aromatic heterocycles. The summed E-state index contributed by atoms with van der Waals surface area (Å²) in [5, 5.41) is 20.3. The molecule has 0 saturated heterocycles. The molecule has 1 atom stereocenters. The molecule has 0 saturated carbocycles. The van der Waals surface area contributed by atoms with E-state index < -0.39 is 33.6 Å². The summed E-state index contributed by atoms with van der Waals surface area (Å²) in [6.07, 6.45) is 0. The van der Waals surface area contributed by atoms with E-state index in [1.165, 1.54) is 13.8 Å². The van der Waals surface area contributed by atoms with Crippen molar-refractivity contribution in [2.75, 3.05) is 0 Å². The minimum Gasteiger partial charge on any atom is -0.479 e. The summed E-state index contributed by atoms with van der Waals surface area (Å²) in [6.45, 7) is 18.3. The number of aliphatic hydroxyl groups is 1. The van der Waals surface area contributed by atoms with E-state index in [0.29, 0.717) is 0 Å². The first-order valence-electron chi connectivity index (χ1n) is 6.66. The van der Waals surface area contributed by atoms with Gasteiger partial charge in [0.1, 0.15) is 0 Å². The Kier molecular flexibility index (Phi) is 5.76. The van der Waals surface area contributed by atoms with Crippen LogP contribution in [0.3, 0.4) is 0 Å². The van der Waals surface area contributed by atoms with Crippen molar-refractivity contribution in [1.29, 1.82) is 0 Å². The summed E-state index contributed by atoms with van der Waals surface area (Å²) >= 11 is 0. The van der Waals surface area contributed by atoms with Gasteiger partial charge in [-0.3, -0.25) is 0 Å². The minimum absolute atomic E-state index is 0.270. The van der Waals surface area contributed by atoms with Gasteiger partial charge >= 0.3 is 5.97 Å². The van der Waals surface area contributed by atoms with Gasteiger partial charge < -0.3 is 14.6 Å². The fraction of sp³-hybridized carbons (Fsp3) is 0.643. The average Bonchev–Trinajstić information content (AvgIpc) is 2.25. The number of aliphatic carboxylic acids is 1. The second kappa shape index (κ2) is 5.97. The zero-order valence-corrected chi connectivity index (χ0v) is 15.5. The maximum Gasteiger partial charge on any atom is 0.337 e. The van der Waals surface area contributed by atoms with Crippen molar-refractivity contribution in [2.45, 2.75) is 57.3 Å². The number of carbonyl (C=O) groups is 1. The van der Waals surface area contributed by atoms with Gasteiger partial charge in [0.25, 0.3) is 0 Å². The van der Waals surface area contributed by atoms with E-state index in [1.54, 1.807) is 5.70 Å². The molecule has 116 valence electrons. The summed E-state index contributed by atoms with van der Waals surface area (Å²) in [7, 11) is -4.40. The Morgan fingerprint density at radius 2 is 1.65 bits per heavy atom. The lowest BCUT2D eigenvalue weighted by atomic mass is 9.87. The first-order chi connectivity index (χ1) is 8.73. The topological polar surface area (TPSA) is 66.8 Å². The monoisotopic (exact) mass is 316 g/mol. The molecule has 1 unspecified atom stereocenters. The van der Waals surface area contributed by atoms with Gasteiger partial charge in [-0.1, -0.05) is 18.8 Å². The lowest BCUT2D eigenvalue weighted by Crippen LogP contribution is -2.64. The van der Waals surface area contributed by atoms with Crippen LogP contribution in [-0.4, -0.2) is 43.8 Å². The summed E-state index contributed by atoms with van der Waals surface area (Å²) < 4.78 is 6.00. The van der Waals surface area contributed by atoms with Crippen molar-refractivity contribution in [3.8, 4) is 0 Å². The number of hydrogen-bond donors (Lipinski definition) is 2. The van der Waals surface area contributed by atoms with Crippen molar-refractivity contribution in [2.24, 2.45) is 0 Å². The fourth-order valence-electron chi connectivity index (χ4n) is 1.96. The quantitative estimate of drug-likeness (QED) is 0.676. The number of rotatable bonds is 8. The van der Waals surface area contributed by atoms with Gasteiger partial charge in [-0.25, -0.2) is 4.79 Å². The largest absolute Gasteiger partial charge is 0.479 e.